The number of ether oxygens (including phenoxy) is 1. The van der Waals surface area contributed by atoms with Crippen LogP contribution in [0.5, 0.6) is 5.75 Å². The minimum atomic E-state index is -0.471. The van der Waals surface area contributed by atoms with Crippen LogP contribution >= 0.6 is 11.8 Å². The molecule has 0 saturated heterocycles. The Labute approximate surface area is 120 Å². The summed E-state index contributed by atoms with van der Waals surface area (Å²) in [6, 6.07) is 7.85. The highest BCUT2D eigenvalue weighted by molar-refractivity contribution is 7.98. The summed E-state index contributed by atoms with van der Waals surface area (Å²) in [5.74, 6) is 2.61. The Kier molecular flexibility index (Phi) is 7.94. The largest absolute Gasteiger partial charge is 0.491 e. The summed E-state index contributed by atoms with van der Waals surface area (Å²) in [7, 11) is 0. The number of aliphatic hydroxyl groups is 1. The number of aryl methyl sites for hydroxylation is 1. The molecule has 0 aliphatic rings. The molecule has 0 fully saturated rings. The van der Waals surface area contributed by atoms with Gasteiger partial charge < -0.3 is 15.2 Å². The van der Waals surface area contributed by atoms with Gasteiger partial charge in [-0.2, -0.15) is 11.8 Å². The molecule has 0 radical (unpaired) electrons. The Morgan fingerprint density at radius 1 is 1.32 bits per heavy atom. The van der Waals surface area contributed by atoms with Gasteiger partial charge in [-0.05, 0) is 43.0 Å². The van der Waals surface area contributed by atoms with Crippen molar-refractivity contribution in [2.75, 3.05) is 31.7 Å². The van der Waals surface area contributed by atoms with E-state index in [0.717, 1.165) is 23.6 Å². The van der Waals surface area contributed by atoms with E-state index in [1.807, 2.05) is 43.0 Å². The lowest BCUT2D eigenvalue weighted by Gasteiger charge is -2.16. The zero-order valence-electron chi connectivity index (χ0n) is 12.1. The second-order valence-electron chi connectivity index (χ2n) is 4.95. The number of nitrogens with one attached hydrogen (secondary N) is 1. The Bertz CT molecular complexity index is 360. The van der Waals surface area contributed by atoms with Crippen LogP contribution in [0.25, 0.3) is 0 Å². The molecule has 0 amide bonds. The van der Waals surface area contributed by atoms with E-state index in [2.05, 4.69) is 18.5 Å². The first-order chi connectivity index (χ1) is 9.13. The quantitative estimate of drug-likeness (QED) is 0.730. The maximum atomic E-state index is 9.85. The second-order valence-corrected chi connectivity index (χ2v) is 5.86. The third-order valence-corrected chi connectivity index (χ3v) is 3.75. The van der Waals surface area contributed by atoms with Gasteiger partial charge in [0, 0.05) is 6.54 Å². The van der Waals surface area contributed by atoms with Gasteiger partial charge in [-0.25, -0.2) is 0 Å². The van der Waals surface area contributed by atoms with Crippen molar-refractivity contribution in [3.8, 4) is 5.75 Å². The zero-order valence-corrected chi connectivity index (χ0v) is 12.9. The smallest absolute Gasteiger partial charge is 0.122 e. The fourth-order valence-corrected chi connectivity index (χ4v) is 2.49. The van der Waals surface area contributed by atoms with Crippen molar-refractivity contribution < 1.29 is 9.84 Å². The lowest BCUT2D eigenvalue weighted by atomic mass is 10.2. The Morgan fingerprint density at radius 3 is 2.74 bits per heavy atom. The van der Waals surface area contributed by atoms with Crippen molar-refractivity contribution in [2.24, 2.45) is 5.92 Å². The number of hydrogen-bond acceptors (Lipinski definition) is 4. The van der Waals surface area contributed by atoms with E-state index < -0.39 is 6.10 Å². The van der Waals surface area contributed by atoms with Crippen LogP contribution in [-0.4, -0.2) is 42.9 Å². The van der Waals surface area contributed by atoms with Crippen LogP contribution in [0.2, 0.25) is 0 Å². The summed E-state index contributed by atoms with van der Waals surface area (Å²) in [4.78, 5) is 0. The number of aliphatic hydroxyl groups excluding tert-OH is 1. The summed E-state index contributed by atoms with van der Waals surface area (Å²) < 4.78 is 5.61. The number of thioether (sulfide) groups is 1. The minimum absolute atomic E-state index is 0.328. The number of para-hydroxylation sites is 1. The summed E-state index contributed by atoms with van der Waals surface area (Å²) in [6.07, 6.45) is 1.64. The van der Waals surface area contributed by atoms with Crippen molar-refractivity contribution in [3.63, 3.8) is 0 Å². The second kappa shape index (κ2) is 9.23. The summed E-state index contributed by atoms with van der Waals surface area (Å²) in [6.45, 7) is 6.05. The minimum Gasteiger partial charge on any atom is -0.491 e. The topological polar surface area (TPSA) is 41.5 Å². The molecule has 0 bridgehead atoms. The normalized spacial score (nSPS) is 14.1. The molecule has 1 aromatic rings. The van der Waals surface area contributed by atoms with Crippen LogP contribution < -0.4 is 10.1 Å². The van der Waals surface area contributed by atoms with E-state index >= 15 is 0 Å². The van der Waals surface area contributed by atoms with E-state index in [1.165, 1.54) is 0 Å². The molecule has 0 aromatic heterocycles. The van der Waals surface area contributed by atoms with E-state index in [1.54, 1.807) is 0 Å². The van der Waals surface area contributed by atoms with Gasteiger partial charge in [0.25, 0.3) is 0 Å². The van der Waals surface area contributed by atoms with Crippen molar-refractivity contribution in [1.82, 2.24) is 5.32 Å². The van der Waals surface area contributed by atoms with E-state index in [9.17, 15) is 5.11 Å². The fourth-order valence-electron chi connectivity index (χ4n) is 1.80. The zero-order chi connectivity index (χ0) is 14.1. The van der Waals surface area contributed by atoms with Crippen LogP contribution in [0.3, 0.4) is 0 Å². The van der Waals surface area contributed by atoms with Crippen molar-refractivity contribution in [2.45, 2.75) is 20.0 Å². The molecule has 2 unspecified atom stereocenters. The Balaban J connectivity index is 2.18. The molecule has 4 heteroatoms. The highest BCUT2D eigenvalue weighted by Gasteiger charge is 2.07. The molecule has 2 atom stereocenters. The fraction of sp³-hybridized carbons (Fsp3) is 0.600. The van der Waals surface area contributed by atoms with Gasteiger partial charge in [0.1, 0.15) is 18.5 Å². The standard InChI is InChI=1S/C15H25NO2S/c1-12(11-19-3)8-16-9-14(17)10-18-15-7-5-4-6-13(15)2/h4-7,12,14,16-17H,8-11H2,1-3H3. The van der Waals surface area contributed by atoms with Crippen LogP contribution in [0.1, 0.15) is 12.5 Å². The molecule has 0 aliphatic carbocycles. The Hall–Kier alpha value is -0.710. The van der Waals surface area contributed by atoms with Crippen molar-refractivity contribution >= 4 is 11.8 Å². The summed E-state index contributed by atoms with van der Waals surface area (Å²) in [5, 5.41) is 13.1. The van der Waals surface area contributed by atoms with Gasteiger partial charge in [-0.1, -0.05) is 25.1 Å². The van der Waals surface area contributed by atoms with Gasteiger partial charge in [0.15, 0.2) is 0 Å². The molecule has 0 saturated carbocycles. The molecule has 108 valence electrons. The average Bonchev–Trinajstić information content (AvgIpc) is 2.38. The van der Waals surface area contributed by atoms with Gasteiger partial charge in [-0.3, -0.25) is 0 Å². The highest BCUT2D eigenvalue weighted by atomic mass is 32.2. The molecule has 1 rings (SSSR count). The molecule has 0 spiro atoms. The first kappa shape index (κ1) is 16.3. The van der Waals surface area contributed by atoms with Crippen molar-refractivity contribution in [1.29, 1.82) is 0 Å². The highest BCUT2D eigenvalue weighted by Crippen LogP contribution is 2.16. The van der Waals surface area contributed by atoms with Gasteiger partial charge >= 0.3 is 0 Å². The van der Waals surface area contributed by atoms with E-state index in [4.69, 9.17) is 4.74 Å². The molecule has 0 heterocycles. The molecule has 1 aromatic carbocycles. The number of hydrogen-bond donors (Lipinski definition) is 2. The predicted molar refractivity (Wildman–Crippen MR) is 83.1 cm³/mol. The molecular formula is C15H25NO2S. The van der Waals surface area contributed by atoms with Crippen LogP contribution in [0.4, 0.5) is 0 Å². The first-order valence-corrected chi connectivity index (χ1v) is 8.09. The molecule has 0 aliphatic heterocycles. The summed E-state index contributed by atoms with van der Waals surface area (Å²) in [5.41, 5.74) is 1.09. The molecular weight excluding hydrogens is 258 g/mol. The maximum Gasteiger partial charge on any atom is 0.122 e. The summed E-state index contributed by atoms with van der Waals surface area (Å²) >= 11 is 1.85. The molecule has 19 heavy (non-hydrogen) atoms. The third-order valence-electron chi connectivity index (χ3n) is 2.85. The van der Waals surface area contributed by atoms with Crippen LogP contribution in [-0.2, 0) is 0 Å². The third kappa shape index (κ3) is 6.85. The number of benzene rings is 1. The lowest BCUT2D eigenvalue weighted by Crippen LogP contribution is -2.34. The Morgan fingerprint density at radius 2 is 2.05 bits per heavy atom. The van der Waals surface area contributed by atoms with Crippen LogP contribution in [0.15, 0.2) is 24.3 Å². The van der Waals surface area contributed by atoms with Crippen LogP contribution in [0, 0.1) is 12.8 Å². The van der Waals surface area contributed by atoms with Gasteiger partial charge in [-0.15, -0.1) is 0 Å². The van der Waals surface area contributed by atoms with E-state index in [0.29, 0.717) is 19.1 Å². The maximum absolute atomic E-state index is 9.85. The molecule has 2 N–H and O–H groups in total. The lowest BCUT2D eigenvalue weighted by molar-refractivity contribution is 0.105. The average molecular weight is 283 g/mol. The first-order valence-electron chi connectivity index (χ1n) is 6.69. The van der Waals surface area contributed by atoms with Crippen molar-refractivity contribution in [3.05, 3.63) is 29.8 Å². The van der Waals surface area contributed by atoms with Gasteiger partial charge in [0.2, 0.25) is 0 Å². The predicted octanol–water partition coefficient (Wildman–Crippen LogP) is 2.32. The SMILES string of the molecule is CSCC(C)CNCC(O)COc1ccccc1C. The number of rotatable bonds is 9. The van der Waals surface area contributed by atoms with Gasteiger partial charge in [0.05, 0.1) is 0 Å². The molecule has 3 nitrogen and oxygen atoms in total. The monoisotopic (exact) mass is 283 g/mol. The van der Waals surface area contributed by atoms with E-state index in [-0.39, 0.29) is 0 Å².